The molecule has 0 spiro atoms. The van der Waals surface area contributed by atoms with Gasteiger partial charge in [-0.2, -0.15) is 0 Å². The summed E-state index contributed by atoms with van der Waals surface area (Å²) in [5, 5.41) is 9.32. The van der Waals surface area contributed by atoms with Crippen LogP contribution in [0.4, 0.5) is 0 Å². The molecule has 0 unspecified atom stereocenters. The van der Waals surface area contributed by atoms with Crippen LogP contribution in [0.2, 0.25) is 18.1 Å². The first-order valence-corrected chi connectivity index (χ1v) is 8.64. The molecule has 0 saturated heterocycles. The number of aliphatic hydroxyl groups is 1. The van der Waals surface area contributed by atoms with Crippen molar-refractivity contribution in [1.29, 1.82) is 0 Å². The molecule has 1 aromatic rings. The lowest BCUT2D eigenvalue weighted by atomic mass is 10.2. The van der Waals surface area contributed by atoms with Crippen LogP contribution < -0.4 is 0 Å². The molecule has 1 rings (SSSR count). The summed E-state index contributed by atoms with van der Waals surface area (Å²) in [5.41, 5.74) is 1.23. The molecule has 0 aliphatic rings. The third-order valence-electron chi connectivity index (χ3n) is 3.54. The van der Waals surface area contributed by atoms with E-state index in [1.165, 1.54) is 5.56 Å². The van der Waals surface area contributed by atoms with Crippen molar-refractivity contribution >= 4 is 8.07 Å². The van der Waals surface area contributed by atoms with Crippen LogP contribution in [0.15, 0.2) is 16.7 Å². The normalized spacial score (nSPS) is 13.2. The average Bonchev–Trinajstić information content (AvgIpc) is 2.49. The molecule has 0 bridgehead atoms. The summed E-state index contributed by atoms with van der Waals surface area (Å²) in [5.74, 6) is 0.670. The van der Waals surface area contributed by atoms with E-state index in [2.05, 4.69) is 33.9 Å². The highest BCUT2D eigenvalue weighted by molar-refractivity contribution is 6.79. The standard InChI is InChI=1S/C12H22O2Si/c1-12(2,3)15(4,5)9-10-6-11(7-13)14-8-10/h6,8,13H,7,9H2,1-5H3. The zero-order chi connectivity index (χ0) is 11.7. The van der Waals surface area contributed by atoms with E-state index in [-0.39, 0.29) is 6.61 Å². The monoisotopic (exact) mass is 226 g/mol. The molecule has 0 aromatic carbocycles. The molecule has 0 saturated carbocycles. The maximum absolute atomic E-state index is 8.93. The Hall–Kier alpha value is -0.543. The van der Waals surface area contributed by atoms with Gasteiger partial charge in [-0.05, 0) is 22.7 Å². The Balaban J connectivity index is 2.77. The van der Waals surface area contributed by atoms with Gasteiger partial charge < -0.3 is 9.52 Å². The molecule has 86 valence electrons. The zero-order valence-corrected chi connectivity index (χ0v) is 11.4. The number of hydrogen-bond donors (Lipinski definition) is 1. The lowest BCUT2D eigenvalue weighted by Gasteiger charge is -2.36. The predicted octanol–water partition coefficient (Wildman–Crippen LogP) is 3.36. The van der Waals surface area contributed by atoms with Crippen molar-refractivity contribution < 1.29 is 9.52 Å². The third kappa shape index (κ3) is 2.95. The highest BCUT2D eigenvalue weighted by atomic mass is 28.3. The van der Waals surface area contributed by atoms with Gasteiger partial charge in [0, 0.05) is 0 Å². The predicted molar refractivity (Wildman–Crippen MR) is 65.5 cm³/mol. The SMILES string of the molecule is CC(C)(C)[Si](C)(C)Cc1coc(CO)c1. The van der Waals surface area contributed by atoms with Gasteiger partial charge in [-0.3, -0.25) is 0 Å². The highest BCUT2D eigenvalue weighted by Crippen LogP contribution is 2.38. The number of aliphatic hydroxyl groups excluding tert-OH is 1. The Morgan fingerprint density at radius 3 is 2.33 bits per heavy atom. The topological polar surface area (TPSA) is 33.4 Å². The van der Waals surface area contributed by atoms with E-state index in [4.69, 9.17) is 9.52 Å². The van der Waals surface area contributed by atoms with Crippen molar-refractivity contribution in [3.05, 3.63) is 23.7 Å². The minimum Gasteiger partial charge on any atom is -0.467 e. The smallest absolute Gasteiger partial charge is 0.129 e. The summed E-state index contributed by atoms with van der Waals surface area (Å²) in [6, 6.07) is 3.08. The summed E-state index contributed by atoms with van der Waals surface area (Å²) < 4.78 is 5.24. The fourth-order valence-corrected chi connectivity index (χ4v) is 3.11. The Labute approximate surface area is 93.3 Å². The zero-order valence-electron chi connectivity index (χ0n) is 10.4. The first-order valence-electron chi connectivity index (χ1n) is 5.43. The molecule has 0 aliphatic carbocycles. The highest BCUT2D eigenvalue weighted by Gasteiger charge is 2.35. The van der Waals surface area contributed by atoms with Crippen molar-refractivity contribution in [3.63, 3.8) is 0 Å². The molecule has 1 N–H and O–H groups in total. The Bertz CT molecular complexity index is 321. The van der Waals surface area contributed by atoms with Gasteiger partial charge in [0.2, 0.25) is 0 Å². The summed E-state index contributed by atoms with van der Waals surface area (Å²) in [6.07, 6.45) is 1.78. The van der Waals surface area contributed by atoms with E-state index in [1.807, 2.05) is 6.07 Å². The first kappa shape index (κ1) is 12.5. The average molecular weight is 226 g/mol. The van der Waals surface area contributed by atoms with Crippen LogP contribution in [0.25, 0.3) is 0 Å². The molecule has 2 nitrogen and oxygen atoms in total. The van der Waals surface area contributed by atoms with Gasteiger partial charge in [-0.25, -0.2) is 0 Å². The van der Waals surface area contributed by atoms with E-state index in [0.29, 0.717) is 10.8 Å². The van der Waals surface area contributed by atoms with Crippen LogP contribution in [0.5, 0.6) is 0 Å². The lowest BCUT2D eigenvalue weighted by molar-refractivity contribution is 0.247. The van der Waals surface area contributed by atoms with Crippen LogP contribution in [-0.2, 0) is 12.7 Å². The fourth-order valence-electron chi connectivity index (χ4n) is 1.38. The van der Waals surface area contributed by atoms with Crippen LogP contribution in [0.1, 0.15) is 32.1 Å². The van der Waals surface area contributed by atoms with Crippen LogP contribution >= 0.6 is 0 Å². The summed E-state index contributed by atoms with van der Waals surface area (Å²) in [7, 11) is -1.29. The molecule has 3 heteroatoms. The van der Waals surface area contributed by atoms with E-state index < -0.39 is 8.07 Å². The van der Waals surface area contributed by atoms with Gasteiger partial charge in [-0.1, -0.05) is 33.9 Å². The van der Waals surface area contributed by atoms with Gasteiger partial charge >= 0.3 is 0 Å². The molecule has 0 fully saturated rings. The minimum absolute atomic E-state index is 0.00248. The molecule has 0 amide bonds. The van der Waals surface area contributed by atoms with Crippen molar-refractivity contribution in [2.24, 2.45) is 0 Å². The number of hydrogen-bond acceptors (Lipinski definition) is 2. The summed E-state index contributed by atoms with van der Waals surface area (Å²) in [6.45, 7) is 11.7. The third-order valence-corrected chi connectivity index (χ3v) is 8.89. The summed E-state index contributed by atoms with van der Waals surface area (Å²) in [4.78, 5) is 0. The quantitative estimate of drug-likeness (QED) is 0.802. The second-order valence-corrected chi connectivity index (χ2v) is 11.5. The molecular formula is C12H22O2Si. The maximum Gasteiger partial charge on any atom is 0.129 e. The van der Waals surface area contributed by atoms with E-state index in [0.717, 1.165) is 6.04 Å². The van der Waals surface area contributed by atoms with Gasteiger partial charge in [0.15, 0.2) is 0 Å². The Kier molecular flexibility index (Phi) is 3.46. The molecule has 0 atom stereocenters. The van der Waals surface area contributed by atoms with Crippen LogP contribution in [0.3, 0.4) is 0 Å². The van der Waals surface area contributed by atoms with Crippen molar-refractivity contribution in [3.8, 4) is 0 Å². The summed E-state index contributed by atoms with van der Waals surface area (Å²) >= 11 is 0. The molecule has 15 heavy (non-hydrogen) atoms. The Morgan fingerprint density at radius 2 is 1.93 bits per heavy atom. The maximum atomic E-state index is 8.93. The fraction of sp³-hybridized carbons (Fsp3) is 0.667. The van der Waals surface area contributed by atoms with Crippen molar-refractivity contribution in [2.45, 2.75) is 51.6 Å². The molecule has 1 aromatic heterocycles. The number of rotatable bonds is 3. The molecule has 0 radical (unpaired) electrons. The first-order chi connectivity index (χ1) is 6.76. The lowest BCUT2D eigenvalue weighted by Crippen LogP contribution is -2.39. The van der Waals surface area contributed by atoms with Gasteiger partial charge in [0.25, 0.3) is 0 Å². The van der Waals surface area contributed by atoms with Crippen LogP contribution in [0, 0.1) is 0 Å². The second kappa shape index (κ2) is 4.14. The van der Waals surface area contributed by atoms with E-state index >= 15 is 0 Å². The van der Waals surface area contributed by atoms with Crippen molar-refractivity contribution in [2.75, 3.05) is 0 Å². The Morgan fingerprint density at radius 1 is 1.33 bits per heavy atom. The molecule has 1 heterocycles. The minimum atomic E-state index is -1.29. The molecular weight excluding hydrogens is 204 g/mol. The van der Waals surface area contributed by atoms with Gasteiger partial charge in [0.1, 0.15) is 12.4 Å². The van der Waals surface area contributed by atoms with E-state index in [1.54, 1.807) is 6.26 Å². The molecule has 0 aliphatic heterocycles. The number of furan rings is 1. The second-order valence-electron chi connectivity index (χ2n) is 5.89. The van der Waals surface area contributed by atoms with Crippen LogP contribution in [-0.4, -0.2) is 13.2 Å². The van der Waals surface area contributed by atoms with Gasteiger partial charge in [-0.15, -0.1) is 0 Å². The van der Waals surface area contributed by atoms with Crippen molar-refractivity contribution in [1.82, 2.24) is 0 Å². The van der Waals surface area contributed by atoms with E-state index in [9.17, 15) is 0 Å². The largest absolute Gasteiger partial charge is 0.467 e. The van der Waals surface area contributed by atoms with Gasteiger partial charge in [0.05, 0.1) is 14.3 Å².